The van der Waals surface area contributed by atoms with Crippen molar-refractivity contribution in [2.45, 2.75) is 26.4 Å². The Hall–Kier alpha value is -1.81. The zero-order chi connectivity index (χ0) is 14.3. The first-order chi connectivity index (χ1) is 8.99. The van der Waals surface area contributed by atoms with E-state index in [0.717, 1.165) is 5.56 Å². The van der Waals surface area contributed by atoms with Crippen molar-refractivity contribution in [3.8, 4) is 5.75 Å². The molecule has 0 aliphatic carbocycles. The van der Waals surface area contributed by atoms with Gasteiger partial charge in [0.05, 0.1) is 13.2 Å². The summed E-state index contributed by atoms with van der Waals surface area (Å²) in [6.45, 7) is 5.40. The van der Waals surface area contributed by atoms with Crippen LogP contribution in [-0.4, -0.2) is 29.9 Å². The van der Waals surface area contributed by atoms with E-state index in [1.807, 2.05) is 12.1 Å². The molecule has 0 unspecified atom stereocenters. The second-order valence-corrected chi connectivity index (χ2v) is 4.49. The number of ether oxygens (including phenoxy) is 2. The van der Waals surface area contributed by atoms with Gasteiger partial charge < -0.3 is 14.6 Å². The highest BCUT2D eigenvalue weighted by molar-refractivity contribution is 5.79. The molecule has 0 saturated carbocycles. The first kappa shape index (κ1) is 15.2. The molecule has 0 bridgehead atoms. The van der Waals surface area contributed by atoms with E-state index < -0.39 is 11.6 Å². The van der Waals surface area contributed by atoms with E-state index in [-0.39, 0.29) is 6.61 Å². The van der Waals surface area contributed by atoms with Crippen LogP contribution in [0.15, 0.2) is 30.3 Å². The normalized spacial score (nSPS) is 11.6. The monoisotopic (exact) mass is 264 g/mol. The number of hydrogen-bond donors (Lipinski definition) is 1. The molecule has 104 valence electrons. The highest BCUT2D eigenvalue weighted by Crippen LogP contribution is 2.21. The number of aliphatic hydroxyl groups is 1. The zero-order valence-electron chi connectivity index (χ0n) is 11.6. The van der Waals surface area contributed by atoms with Crippen LogP contribution in [0.1, 0.15) is 26.3 Å². The van der Waals surface area contributed by atoms with Gasteiger partial charge in [0.2, 0.25) is 0 Å². The minimum Gasteiger partial charge on any atom is -0.476 e. The van der Waals surface area contributed by atoms with Gasteiger partial charge in [0.25, 0.3) is 0 Å². The SMILES string of the molecule is CCOC(=O)C(C)(C)Oc1cccc(/C=C/CO)c1. The molecule has 0 aromatic heterocycles. The minimum absolute atomic E-state index is 0.0145. The molecule has 1 rings (SSSR count). The van der Waals surface area contributed by atoms with E-state index in [2.05, 4.69) is 0 Å². The van der Waals surface area contributed by atoms with E-state index in [1.165, 1.54) is 0 Å². The summed E-state index contributed by atoms with van der Waals surface area (Å²) in [5.41, 5.74) is -0.138. The fourth-order valence-electron chi connectivity index (χ4n) is 1.51. The van der Waals surface area contributed by atoms with Crippen LogP contribution in [0, 0.1) is 0 Å². The van der Waals surface area contributed by atoms with E-state index in [4.69, 9.17) is 14.6 Å². The van der Waals surface area contributed by atoms with Crippen molar-refractivity contribution in [2.75, 3.05) is 13.2 Å². The third-order valence-corrected chi connectivity index (χ3v) is 2.41. The molecule has 0 radical (unpaired) electrons. The molecule has 0 saturated heterocycles. The summed E-state index contributed by atoms with van der Waals surface area (Å²) in [5.74, 6) is 0.185. The molecule has 4 heteroatoms. The largest absolute Gasteiger partial charge is 0.476 e. The smallest absolute Gasteiger partial charge is 0.349 e. The van der Waals surface area contributed by atoms with E-state index >= 15 is 0 Å². The lowest BCUT2D eigenvalue weighted by atomic mass is 10.1. The molecule has 19 heavy (non-hydrogen) atoms. The van der Waals surface area contributed by atoms with Crippen LogP contribution in [0.2, 0.25) is 0 Å². The van der Waals surface area contributed by atoms with Crippen LogP contribution in [-0.2, 0) is 9.53 Å². The Bertz CT molecular complexity index is 449. The highest BCUT2D eigenvalue weighted by Gasteiger charge is 2.31. The average molecular weight is 264 g/mol. The Morgan fingerprint density at radius 3 is 2.79 bits per heavy atom. The number of rotatable bonds is 6. The summed E-state index contributed by atoms with van der Waals surface area (Å²) in [6.07, 6.45) is 3.42. The molecule has 1 aromatic carbocycles. The van der Waals surface area contributed by atoms with Crippen molar-refractivity contribution in [3.63, 3.8) is 0 Å². The Balaban J connectivity index is 2.81. The quantitative estimate of drug-likeness (QED) is 0.802. The van der Waals surface area contributed by atoms with Gasteiger partial charge in [-0.1, -0.05) is 24.3 Å². The summed E-state index contributed by atoms with van der Waals surface area (Å²) < 4.78 is 10.6. The molecule has 0 amide bonds. The van der Waals surface area contributed by atoms with Crippen molar-refractivity contribution >= 4 is 12.0 Å². The second-order valence-electron chi connectivity index (χ2n) is 4.49. The van der Waals surface area contributed by atoms with Crippen LogP contribution >= 0.6 is 0 Å². The van der Waals surface area contributed by atoms with E-state index in [9.17, 15) is 4.79 Å². The Morgan fingerprint density at radius 2 is 2.16 bits per heavy atom. The van der Waals surface area contributed by atoms with Crippen molar-refractivity contribution in [1.82, 2.24) is 0 Å². The van der Waals surface area contributed by atoms with Crippen LogP contribution < -0.4 is 4.74 Å². The molecule has 4 nitrogen and oxygen atoms in total. The Morgan fingerprint density at radius 1 is 1.42 bits per heavy atom. The van der Waals surface area contributed by atoms with Gasteiger partial charge in [-0.15, -0.1) is 0 Å². The number of benzene rings is 1. The summed E-state index contributed by atoms with van der Waals surface area (Å²) in [5, 5.41) is 8.74. The van der Waals surface area contributed by atoms with Crippen molar-refractivity contribution in [1.29, 1.82) is 0 Å². The van der Waals surface area contributed by atoms with E-state index in [0.29, 0.717) is 12.4 Å². The number of aliphatic hydroxyl groups excluding tert-OH is 1. The zero-order valence-corrected chi connectivity index (χ0v) is 11.6. The molecule has 0 fully saturated rings. The van der Waals surface area contributed by atoms with Gasteiger partial charge in [-0.3, -0.25) is 0 Å². The lowest BCUT2D eigenvalue weighted by Crippen LogP contribution is -2.39. The Labute approximate surface area is 113 Å². The van der Waals surface area contributed by atoms with Crippen LogP contribution in [0.4, 0.5) is 0 Å². The maximum absolute atomic E-state index is 11.7. The first-order valence-corrected chi connectivity index (χ1v) is 6.23. The molecular formula is C15H20O4. The molecule has 0 aliphatic heterocycles. The van der Waals surface area contributed by atoms with Gasteiger partial charge in [-0.25, -0.2) is 4.79 Å². The standard InChI is InChI=1S/C15H20O4/c1-4-18-14(17)15(2,3)19-13-9-5-7-12(11-13)8-6-10-16/h5-9,11,16H,4,10H2,1-3H3/b8-6+. The summed E-state index contributed by atoms with van der Waals surface area (Å²) in [6, 6.07) is 7.29. The number of carbonyl (C=O) groups excluding carboxylic acids is 1. The number of esters is 1. The topological polar surface area (TPSA) is 55.8 Å². The molecule has 0 spiro atoms. The first-order valence-electron chi connectivity index (χ1n) is 6.23. The average Bonchev–Trinajstić information content (AvgIpc) is 2.36. The highest BCUT2D eigenvalue weighted by atomic mass is 16.6. The van der Waals surface area contributed by atoms with E-state index in [1.54, 1.807) is 45.1 Å². The molecule has 1 N–H and O–H groups in total. The van der Waals surface area contributed by atoms with Crippen molar-refractivity contribution in [2.24, 2.45) is 0 Å². The van der Waals surface area contributed by atoms with Crippen LogP contribution in [0.5, 0.6) is 5.75 Å². The molecule has 1 aromatic rings. The lowest BCUT2D eigenvalue weighted by molar-refractivity contribution is -0.158. The Kier molecular flexibility index (Phi) is 5.57. The molecule has 0 heterocycles. The number of carbonyl (C=O) groups is 1. The van der Waals surface area contributed by atoms with Crippen LogP contribution in [0.3, 0.4) is 0 Å². The van der Waals surface area contributed by atoms with Gasteiger partial charge in [-0.05, 0) is 38.5 Å². The second kappa shape index (κ2) is 6.95. The lowest BCUT2D eigenvalue weighted by Gasteiger charge is -2.24. The van der Waals surface area contributed by atoms with Gasteiger partial charge >= 0.3 is 5.97 Å². The minimum atomic E-state index is -1.03. The van der Waals surface area contributed by atoms with Gasteiger partial charge in [0.15, 0.2) is 5.60 Å². The third kappa shape index (κ3) is 4.75. The number of hydrogen-bond acceptors (Lipinski definition) is 4. The van der Waals surface area contributed by atoms with Gasteiger partial charge in [-0.2, -0.15) is 0 Å². The summed E-state index contributed by atoms with van der Waals surface area (Å²) >= 11 is 0. The fraction of sp³-hybridized carbons (Fsp3) is 0.400. The predicted molar refractivity (Wildman–Crippen MR) is 73.9 cm³/mol. The summed E-state index contributed by atoms with van der Waals surface area (Å²) in [4.78, 5) is 11.7. The summed E-state index contributed by atoms with van der Waals surface area (Å²) in [7, 11) is 0. The van der Waals surface area contributed by atoms with Crippen molar-refractivity contribution < 1.29 is 19.4 Å². The maximum atomic E-state index is 11.7. The van der Waals surface area contributed by atoms with Gasteiger partial charge in [0, 0.05) is 0 Å². The van der Waals surface area contributed by atoms with Gasteiger partial charge in [0.1, 0.15) is 5.75 Å². The molecule has 0 atom stereocenters. The maximum Gasteiger partial charge on any atom is 0.349 e. The predicted octanol–water partition coefficient (Wildman–Crippen LogP) is 2.41. The molecule has 0 aliphatic rings. The van der Waals surface area contributed by atoms with Crippen molar-refractivity contribution in [3.05, 3.63) is 35.9 Å². The third-order valence-electron chi connectivity index (χ3n) is 2.41. The van der Waals surface area contributed by atoms with Crippen LogP contribution in [0.25, 0.3) is 6.08 Å². The fourth-order valence-corrected chi connectivity index (χ4v) is 1.51. The molecular weight excluding hydrogens is 244 g/mol.